The van der Waals surface area contributed by atoms with Gasteiger partial charge in [-0.2, -0.15) is 5.10 Å². The van der Waals surface area contributed by atoms with E-state index in [9.17, 15) is 4.39 Å². The summed E-state index contributed by atoms with van der Waals surface area (Å²) in [5.74, 6) is 0.629. The fourth-order valence-electron chi connectivity index (χ4n) is 1.61. The molecule has 0 unspecified atom stereocenters. The molecule has 0 radical (unpaired) electrons. The monoisotopic (exact) mass is 255 g/mol. The number of hydrogen-bond donors (Lipinski definition) is 1. The average molecular weight is 256 g/mol. The molecular formula is C12H15ClFN3. The van der Waals surface area contributed by atoms with Crippen LogP contribution in [0.4, 0.5) is 10.2 Å². The van der Waals surface area contributed by atoms with Crippen molar-refractivity contribution in [1.29, 1.82) is 0 Å². The predicted molar refractivity (Wildman–Crippen MR) is 68.9 cm³/mol. The van der Waals surface area contributed by atoms with Crippen LogP contribution in [0.15, 0.2) is 30.5 Å². The maximum absolute atomic E-state index is 12.9. The van der Waals surface area contributed by atoms with Crippen molar-refractivity contribution in [1.82, 2.24) is 9.78 Å². The molecule has 1 N–H and O–H groups in total. The van der Waals surface area contributed by atoms with Crippen LogP contribution in [0.3, 0.4) is 0 Å². The third-order valence-corrected chi connectivity index (χ3v) is 2.36. The zero-order chi connectivity index (χ0) is 11.5. The zero-order valence-corrected chi connectivity index (χ0v) is 10.6. The number of rotatable bonds is 3. The highest BCUT2D eigenvalue weighted by molar-refractivity contribution is 5.85. The lowest BCUT2D eigenvalue weighted by Gasteiger charge is -2.04. The van der Waals surface area contributed by atoms with Crippen molar-refractivity contribution in [2.75, 3.05) is 5.32 Å². The van der Waals surface area contributed by atoms with Crippen LogP contribution in [0.25, 0.3) is 0 Å². The lowest BCUT2D eigenvalue weighted by Crippen LogP contribution is -2.02. The molecule has 0 atom stereocenters. The molecule has 2 aromatic rings. The summed E-state index contributed by atoms with van der Waals surface area (Å²) in [4.78, 5) is 0. The Morgan fingerprint density at radius 1 is 1.41 bits per heavy atom. The van der Waals surface area contributed by atoms with Gasteiger partial charge >= 0.3 is 0 Å². The van der Waals surface area contributed by atoms with E-state index in [1.165, 1.54) is 12.1 Å². The van der Waals surface area contributed by atoms with Crippen LogP contribution in [-0.2, 0) is 13.6 Å². The van der Waals surface area contributed by atoms with Gasteiger partial charge in [0.25, 0.3) is 0 Å². The van der Waals surface area contributed by atoms with Gasteiger partial charge < -0.3 is 5.32 Å². The van der Waals surface area contributed by atoms with Crippen molar-refractivity contribution in [3.63, 3.8) is 0 Å². The van der Waals surface area contributed by atoms with Gasteiger partial charge in [-0.25, -0.2) is 4.39 Å². The van der Waals surface area contributed by atoms with E-state index in [-0.39, 0.29) is 18.2 Å². The molecular weight excluding hydrogens is 241 g/mol. The largest absolute Gasteiger partial charge is 0.364 e. The number of halogens is 2. The van der Waals surface area contributed by atoms with Crippen LogP contribution in [-0.4, -0.2) is 9.78 Å². The number of benzene rings is 1. The maximum atomic E-state index is 12.9. The minimum Gasteiger partial charge on any atom is -0.364 e. The van der Waals surface area contributed by atoms with E-state index in [1.807, 2.05) is 26.2 Å². The highest BCUT2D eigenvalue weighted by Crippen LogP contribution is 2.12. The summed E-state index contributed by atoms with van der Waals surface area (Å²) < 4.78 is 14.7. The van der Waals surface area contributed by atoms with Gasteiger partial charge in [-0.05, 0) is 24.6 Å². The normalized spacial score (nSPS) is 9.82. The maximum Gasteiger partial charge on any atom is 0.151 e. The topological polar surface area (TPSA) is 29.9 Å². The molecule has 0 saturated carbocycles. The molecule has 1 heterocycles. The Bertz CT molecular complexity index is 496. The van der Waals surface area contributed by atoms with Crippen molar-refractivity contribution >= 4 is 18.2 Å². The first-order valence-electron chi connectivity index (χ1n) is 5.14. The van der Waals surface area contributed by atoms with Gasteiger partial charge in [-0.3, -0.25) is 4.68 Å². The first-order valence-corrected chi connectivity index (χ1v) is 5.14. The molecule has 0 bridgehead atoms. The Hall–Kier alpha value is -1.55. The van der Waals surface area contributed by atoms with Gasteiger partial charge in [0, 0.05) is 25.4 Å². The predicted octanol–water partition coefficient (Wildman–Crippen LogP) is 2.90. The summed E-state index contributed by atoms with van der Waals surface area (Å²) in [5, 5.41) is 7.44. The second kappa shape index (κ2) is 5.68. The number of aromatic nitrogens is 2. The molecule has 2 rings (SSSR count). The van der Waals surface area contributed by atoms with Gasteiger partial charge in [0.05, 0.1) is 0 Å². The molecule has 0 aliphatic rings. The minimum atomic E-state index is -0.211. The van der Waals surface area contributed by atoms with Crippen molar-refractivity contribution in [2.45, 2.75) is 13.5 Å². The summed E-state index contributed by atoms with van der Waals surface area (Å²) in [6, 6.07) is 6.55. The van der Waals surface area contributed by atoms with E-state index in [1.54, 1.807) is 10.7 Å². The van der Waals surface area contributed by atoms with Crippen molar-refractivity contribution in [3.8, 4) is 0 Å². The molecule has 1 aromatic heterocycles. The second-order valence-electron chi connectivity index (χ2n) is 3.82. The molecule has 0 spiro atoms. The first-order chi connectivity index (χ1) is 7.65. The van der Waals surface area contributed by atoms with Gasteiger partial charge in [0.15, 0.2) is 5.82 Å². The standard InChI is InChI=1S/C12H14FN3.ClH/c1-9-8-16(2)15-12(9)14-7-10-4-3-5-11(13)6-10;/h3-6,8H,7H2,1-2H3,(H,14,15);1H. The quantitative estimate of drug-likeness (QED) is 0.914. The Kier molecular flexibility index (Phi) is 4.52. The molecule has 92 valence electrons. The van der Waals surface area contributed by atoms with Crippen LogP contribution in [0.1, 0.15) is 11.1 Å². The molecule has 17 heavy (non-hydrogen) atoms. The highest BCUT2D eigenvalue weighted by atomic mass is 35.5. The lowest BCUT2D eigenvalue weighted by molar-refractivity contribution is 0.626. The van der Waals surface area contributed by atoms with E-state index in [4.69, 9.17) is 0 Å². The number of anilines is 1. The number of hydrogen-bond acceptors (Lipinski definition) is 2. The number of nitrogens with one attached hydrogen (secondary N) is 1. The van der Waals surface area contributed by atoms with E-state index in [0.29, 0.717) is 6.54 Å². The molecule has 1 aromatic carbocycles. The molecule has 0 aliphatic carbocycles. The smallest absolute Gasteiger partial charge is 0.151 e. The van der Waals surface area contributed by atoms with Gasteiger partial charge in [-0.1, -0.05) is 12.1 Å². The number of nitrogens with zero attached hydrogens (tertiary/aromatic N) is 2. The fraction of sp³-hybridized carbons (Fsp3) is 0.250. The molecule has 5 heteroatoms. The second-order valence-corrected chi connectivity index (χ2v) is 3.82. The summed E-state index contributed by atoms with van der Waals surface area (Å²) in [6.45, 7) is 2.57. The zero-order valence-electron chi connectivity index (χ0n) is 9.77. The average Bonchev–Trinajstić information content (AvgIpc) is 2.54. The third-order valence-electron chi connectivity index (χ3n) is 2.36. The van der Waals surface area contributed by atoms with Crippen LogP contribution in [0.2, 0.25) is 0 Å². The van der Waals surface area contributed by atoms with E-state index >= 15 is 0 Å². The van der Waals surface area contributed by atoms with E-state index in [2.05, 4.69) is 10.4 Å². The molecule has 0 fully saturated rings. The van der Waals surface area contributed by atoms with Gasteiger partial charge in [0.2, 0.25) is 0 Å². The van der Waals surface area contributed by atoms with Crippen LogP contribution in [0.5, 0.6) is 0 Å². The molecule has 0 aliphatic heterocycles. The van der Waals surface area contributed by atoms with E-state index in [0.717, 1.165) is 16.9 Å². The Morgan fingerprint density at radius 3 is 2.76 bits per heavy atom. The summed E-state index contributed by atoms with van der Waals surface area (Å²) in [7, 11) is 1.88. The Morgan fingerprint density at radius 2 is 2.18 bits per heavy atom. The Balaban J connectivity index is 0.00000144. The van der Waals surface area contributed by atoms with Crippen molar-refractivity contribution in [3.05, 3.63) is 47.4 Å². The Labute approximate surface area is 106 Å². The number of aryl methyl sites for hydroxylation is 2. The van der Waals surface area contributed by atoms with Crippen LogP contribution in [0, 0.1) is 12.7 Å². The van der Waals surface area contributed by atoms with Gasteiger partial charge in [0.1, 0.15) is 5.82 Å². The first kappa shape index (κ1) is 13.5. The highest BCUT2D eigenvalue weighted by Gasteiger charge is 2.02. The molecule has 0 amide bonds. The van der Waals surface area contributed by atoms with Gasteiger partial charge in [-0.15, -0.1) is 12.4 Å². The van der Waals surface area contributed by atoms with Crippen molar-refractivity contribution in [2.24, 2.45) is 7.05 Å². The fourth-order valence-corrected chi connectivity index (χ4v) is 1.61. The van der Waals surface area contributed by atoms with Crippen molar-refractivity contribution < 1.29 is 4.39 Å². The molecule has 3 nitrogen and oxygen atoms in total. The summed E-state index contributed by atoms with van der Waals surface area (Å²) in [5.41, 5.74) is 1.99. The SMILES string of the molecule is Cc1cn(C)nc1NCc1cccc(F)c1.Cl. The van der Waals surface area contributed by atoms with Crippen LogP contribution >= 0.6 is 12.4 Å². The summed E-state index contributed by atoms with van der Waals surface area (Å²) in [6.07, 6.45) is 1.94. The minimum absolute atomic E-state index is 0. The van der Waals surface area contributed by atoms with Crippen LogP contribution < -0.4 is 5.32 Å². The third kappa shape index (κ3) is 3.46. The lowest BCUT2D eigenvalue weighted by atomic mass is 10.2. The molecule has 0 saturated heterocycles. The summed E-state index contributed by atoms with van der Waals surface area (Å²) >= 11 is 0. The van der Waals surface area contributed by atoms with E-state index < -0.39 is 0 Å².